The maximum Gasteiger partial charge on any atom is 0.515 e. The fourth-order valence-electron chi connectivity index (χ4n) is 3.65. The van der Waals surface area contributed by atoms with Crippen LogP contribution < -0.4 is 9.47 Å². The van der Waals surface area contributed by atoms with Gasteiger partial charge in [-0.25, -0.2) is 9.78 Å². The number of nitrogens with one attached hydrogen (secondary N) is 1. The minimum absolute atomic E-state index is 0.0586. The molecule has 1 aliphatic carbocycles. The molecule has 1 N–H and O–H groups in total. The van der Waals surface area contributed by atoms with Crippen molar-refractivity contribution in [2.75, 3.05) is 7.11 Å². The zero-order chi connectivity index (χ0) is 22.1. The molecule has 32 heavy (non-hydrogen) atoms. The second-order valence-electron chi connectivity index (χ2n) is 7.66. The lowest BCUT2D eigenvalue weighted by Crippen LogP contribution is -2.14. The molecule has 164 valence electrons. The van der Waals surface area contributed by atoms with Crippen LogP contribution in [0.15, 0.2) is 48.7 Å². The van der Waals surface area contributed by atoms with Gasteiger partial charge in [0.2, 0.25) is 5.88 Å². The summed E-state index contributed by atoms with van der Waals surface area (Å²) in [5.41, 5.74) is 3.26. The van der Waals surface area contributed by atoms with E-state index < -0.39 is 6.16 Å². The lowest BCUT2D eigenvalue weighted by molar-refractivity contribution is 0.0895. The van der Waals surface area contributed by atoms with Gasteiger partial charge in [0.15, 0.2) is 0 Å². The van der Waals surface area contributed by atoms with Crippen molar-refractivity contribution in [3.8, 4) is 11.6 Å². The van der Waals surface area contributed by atoms with E-state index in [1.807, 2.05) is 42.5 Å². The maximum absolute atomic E-state index is 12.1. The average molecular weight is 453 g/mol. The van der Waals surface area contributed by atoms with Crippen molar-refractivity contribution in [3.05, 3.63) is 64.8 Å². The topological polar surface area (TPSA) is 82.7 Å². The van der Waals surface area contributed by atoms with Crippen LogP contribution in [-0.2, 0) is 22.7 Å². The van der Waals surface area contributed by atoms with E-state index in [2.05, 4.69) is 9.97 Å². The minimum atomic E-state index is -0.756. The fraction of sp³-hybridized carbons (Fsp3) is 0.250. The predicted molar refractivity (Wildman–Crippen MR) is 120 cm³/mol. The minimum Gasteiger partial charge on any atom is -0.488 e. The molecular weight excluding hydrogens is 432 g/mol. The Morgan fingerprint density at radius 2 is 1.97 bits per heavy atom. The van der Waals surface area contributed by atoms with Gasteiger partial charge in [-0.15, -0.1) is 0 Å². The number of methoxy groups -OCH3 is 1. The SMILES string of the molecule is COCc1c(OC(=O)OC2CC2)ncc2[nH]c3cccc(OCc4cccc(Cl)c4)c3c12. The number of halogens is 1. The van der Waals surface area contributed by atoms with Crippen LogP contribution >= 0.6 is 11.6 Å². The second-order valence-corrected chi connectivity index (χ2v) is 8.09. The number of H-pyrrole nitrogens is 1. The van der Waals surface area contributed by atoms with Gasteiger partial charge in [-0.2, -0.15) is 0 Å². The zero-order valence-corrected chi connectivity index (χ0v) is 18.1. The van der Waals surface area contributed by atoms with E-state index in [9.17, 15) is 4.79 Å². The molecular formula is C24H21ClN2O5. The van der Waals surface area contributed by atoms with Crippen LogP contribution in [0.4, 0.5) is 4.79 Å². The van der Waals surface area contributed by atoms with Crippen LogP contribution in [0.3, 0.4) is 0 Å². The summed E-state index contributed by atoms with van der Waals surface area (Å²) in [7, 11) is 1.58. The van der Waals surface area contributed by atoms with Gasteiger partial charge in [0.05, 0.1) is 29.4 Å². The second kappa shape index (κ2) is 8.68. The number of hydrogen-bond acceptors (Lipinski definition) is 6. The zero-order valence-electron chi connectivity index (χ0n) is 17.4. The molecule has 5 rings (SSSR count). The lowest BCUT2D eigenvalue weighted by atomic mass is 10.1. The van der Waals surface area contributed by atoms with Crippen LogP contribution in [0.5, 0.6) is 11.6 Å². The first-order valence-electron chi connectivity index (χ1n) is 10.3. The molecule has 8 heteroatoms. The van der Waals surface area contributed by atoms with Gasteiger partial charge in [-0.05, 0) is 42.7 Å². The number of pyridine rings is 1. The van der Waals surface area contributed by atoms with Crippen LogP contribution in [0.1, 0.15) is 24.0 Å². The average Bonchev–Trinajstić information content (AvgIpc) is 3.50. The summed E-state index contributed by atoms with van der Waals surface area (Å²) in [5.74, 6) is 0.847. The van der Waals surface area contributed by atoms with E-state index >= 15 is 0 Å². The highest BCUT2D eigenvalue weighted by atomic mass is 35.5. The number of rotatable bonds is 7. The van der Waals surface area contributed by atoms with E-state index in [1.165, 1.54) is 0 Å². The highest BCUT2D eigenvalue weighted by Gasteiger charge is 2.28. The third-order valence-electron chi connectivity index (χ3n) is 5.23. The molecule has 2 heterocycles. The number of carbonyl (C=O) groups is 1. The highest BCUT2D eigenvalue weighted by molar-refractivity contribution is 6.30. The molecule has 1 fully saturated rings. The normalized spacial score (nSPS) is 13.4. The number of benzene rings is 2. The number of aromatic nitrogens is 2. The van der Waals surface area contributed by atoms with Crippen molar-refractivity contribution in [1.29, 1.82) is 0 Å². The van der Waals surface area contributed by atoms with Crippen LogP contribution in [-0.4, -0.2) is 29.3 Å². The molecule has 0 unspecified atom stereocenters. The number of carbonyl (C=O) groups excluding carboxylic acids is 1. The molecule has 0 radical (unpaired) electrons. The Bertz CT molecular complexity index is 1300. The third-order valence-corrected chi connectivity index (χ3v) is 5.46. The van der Waals surface area contributed by atoms with Gasteiger partial charge < -0.3 is 23.9 Å². The van der Waals surface area contributed by atoms with Crippen molar-refractivity contribution in [1.82, 2.24) is 9.97 Å². The molecule has 0 aliphatic heterocycles. The molecule has 7 nitrogen and oxygen atoms in total. The number of hydrogen-bond donors (Lipinski definition) is 1. The Kier molecular flexibility index (Phi) is 5.59. The van der Waals surface area contributed by atoms with Crippen LogP contribution in [0.2, 0.25) is 5.02 Å². The number of aromatic amines is 1. The summed E-state index contributed by atoms with van der Waals surface area (Å²) >= 11 is 6.10. The largest absolute Gasteiger partial charge is 0.515 e. The number of fused-ring (bicyclic) bond motifs is 3. The van der Waals surface area contributed by atoms with E-state index in [-0.39, 0.29) is 18.6 Å². The van der Waals surface area contributed by atoms with Gasteiger partial charge >= 0.3 is 6.16 Å². The monoisotopic (exact) mass is 452 g/mol. The Morgan fingerprint density at radius 3 is 2.75 bits per heavy atom. The van der Waals surface area contributed by atoms with Gasteiger partial charge in [-0.1, -0.05) is 29.8 Å². The van der Waals surface area contributed by atoms with Crippen molar-refractivity contribution < 1.29 is 23.7 Å². The van der Waals surface area contributed by atoms with Gasteiger partial charge in [0.25, 0.3) is 0 Å². The third kappa shape index (κ3) is 4.22. The summed E-state index contributed by atoms with van der Waals surface area (Å²) < 4.78 is 22.2. The van der Waals surface area contributed by atoms with E-state index in [0.717, 1.165) is 40.2 Å². The Balaban J connectivity index is 1.55. The van der Waals surface area contributed by atoms with Crippen molar-refractivity contribution in [2.24, 2.45) is 0 Å². The van der Waals surface area contributed by atoms with Gasteiger partial charge in [-0.3, -0.25) is 0 Å². The number of nitrogens with zero attached hydrogens (tertiary/aromatic N) is 1. The first-order chi connectivity index (χ1) is 15.6. The quantitative estimate of drug-likeness (QED) is 0.358. The van der Waals surface area contributed by atoms with Crippen molar-refractivity contribution in [3.63, 3.8) is 0 Å². The molecule has 0 amide bonds. The molecule has 0 atom stereocenters. The van der Waals surface area contributed by atoms with Gasteiger partial charge in [0, 0.05) is 22.9 Å². The predicted octanol–water partition coefficient (Wildman–Crippen LogP) is 5.77. The highest BCUT2D eigenvalue weighted by Crippen LogP contribution is 2.38. The Labute approximate surface area is 189 Å². The molecule has 2 aromatic carbocycles. The molecule has 0 saturated heterocycles. The summed E-state index contributed by atoms with van der Waals surface area (Å²) in [6, 6.07) is 13.3. The number of ether oxygens (including phenoxy) is 4. The molecule has 0 spiro atoms. The van der Waals surface area contributed by atoms with Crippen molar-refractivity contribution >= 4 is 39.6 Å². The summed E-state index contributed by atoms with van der Waals surface area (Å²) in [4.78, 5) is 19.8. The molecule has 2 aromatic heterocycles. The lowest BCUT2D eigenvalue weighted by Gasteiger charge is -2.12. The summed E-state index contributed by atoms with van der Waals surface area (Å²) in [6.45, 7) is 0.556. The molecule has 1 aliphatic rings. The summed E-state index contributed by atoms with van der Waals surface area (Å²) in [6.07, 6.45) is 2.55. The first-order valence-corrected chi connectivity index (χ1v) is 10.7. The van der Waals surface area contributed by atoms with Crippen molar-refractivity contribution in [2.45, 2.75) is 32.2 Å². The fourth-order valence-corrected chi connectivity index (χ4v) is 3.87. The first kappa shape index (κ1) is 20.6. The van der Waals surface area contributed by atoms with E-state index in [4.69, 9.17) is 30.5 Å². The van der Waals surface area contributed by atoms with Gasteiger partial charge in [0.1, 0.15) is 18.5 Å². The molecule has 4 aromatic rings. The maximum atomic E-state index is 12.1. The van der Waals surface area contributed by atoms with E-state index in [0.29, 0.717) is 22.9 Å². The van der Waals surface area contributed by atoms with Crippen LogP contribution in [0, 0.1) is 0 Å². The summed E-state index contributed by atoms with van der Waals surface area (Å²) in [5, 5.41) is 2.34. The van der Waals surface area contributed by atoms with Crippen LogP contribution in [0.25, 0.3) is 21.8 Å². The molecule has 1 saturated carbocycles. The van der Waals surface area contributed by atoms with E-state index in [1.54, 1.807) is 13.3 Å². The smallest absolute Gasteiger partial charge is 0.488 e. The molecule has 0 bridgehead atoms. The standard InChI is InChI=1S/C24H21ClN2O5/c1-29-13-17-21-19(11-26-23(17)32-24(28)31-16-8-9-16)27-18-6-3-7-20(22(18)21)30-12-14-4-2-5-15(25)10-14/h2-7,10-11,16,27H,8-9,12-13H2,1H3. The Hall–Kier alpha value is -3.29. The Morgan fingerprint density at radius 1 is 1.12 bits per heavy atom.